The maximum Gasteiger partial charge on any atom is 0.511 e. The molecule has 0 spiro atoms. The van der Waals surface area contributed by atoms with Crippen LogP contribution in [0.4, 0.5) is 4.79 Å². The third-order valence-corrected chi connectivity index (χ3v) is 6.35. The average molecular weight is 359 g/mol. The fraction of sp³-hybridized carbons (Fsp3) is 0.667. The molecule has 1 aliphatic heterocycles. The average Bonchev–Trinajstić information content (AvgIpc) is 2.61. The molecular formula is C21H29NO4. The fourth-order valence-electron chi connectivity index (χ4n) is 5.37. The van der Waals surface area contributed by atoms with Gasteiger partial charge >= 0.3 is 6.16 Å². The number of nitrogens with one attached hydrogen (secondary N) is 1. The van der Waals surface area contributed by atoms with Crippen LogP contribution in [0.1, 0.15) is 57.1 Å². The van der Waals surface area contributed by atoms with E-state index in [-0.39, 0.29) is 12.9 Å². The molecule has 1 aromatic carbocycles. The molecule has 3 atom stereocenters. The molecule has 5 heteroatoms. The number of carbonyl (C=O) groups excluding carboxylic acids is 1. The van der Waals surface area contributed by atoms with Gasteiger partial charge in [0.1, 0.15) is 5.75 Å². The first-order chi connectivity index (χ1) is 12.6. The molecule has 1 saturated carbocycles. The SMILES string of the molecule is CC(C)OC(=O)OCOc1ccc2c(c1)[C@]13CCCC[C@@H]1[C@@H](C2)NCC3. The monoisotopic (exact) mass is 359 g/mol. The van der Waals surface area contributed by atoms with Crippen molar-refractivity contribution >= 4 is 6.16 Å². The maximum atomic E-state index is 11.5. The molecular weight excluding hydrogens is 330 g/mol. The topological polar surface area (TPSA) is 56.8 Å². The van der Waals surface area contributed by atoms with Gasteiger partial charge in [0.15, 0.2) is 0 Å². The van der Waals surface area contributed by atoms with E-state index in [9.17, 15) is 4.79 Å². The molecule has 1 saturated heterocycles. The van der Waals surface area contributed by atoms with Crippen LogP contribution in [0.5, 0.6) is 5.75 Å². The predicted molar refractivity (Wildman–Crippen MR) is 98.4 cm³/mol. The van der Waals surface area contributed by atoms with Gasteiger partial charge in [-0.1, -0.05) is 18.9 Å². The molecule has 4 rings (SSSR count). The van der Waals surface area contributed by atoms with Crippen molar-refractivity contribution in [1.82, 2.24) is 5.32 Å². The number of hydrogen-bond acceptors (Lipinski definition) is 5. The Morgan fingerprint density at radius 3 is 3.04 bits per heavy atom. The van der Waals surface area contributed by atoms with Gasteiger partial charge in [-0.2, -0.15) is 0 Å². The van der Waals surface area contributed by atoms with Crippen LogP contribution in [-0.4, -0.2) is 31.6 Å². The van der Waals surface area contributed by atoms with Crippen molar-refractivity contribution in [3.05, 3.63) is 29.3 Å². The van der Waals surface area contributed by atoms with E-state index in [4.69, 9.17) is 14.2 Å². The van der Waals surface area contributed by atoms with Crippen molar-refractivity contribution in [3.63, 3.8) is 0 Å². The molecule has 0 aromatic heterocycles. The Kier molecular flexibility index (Phi) is 4.82. The Hall–Kier alpha value is -1.75. The predicted octanol–water partition coefficient (Wildman–Crippen LogP) is 3.93. The summed E-state index contributed by atoms with van der Waals surface area (Å²) in [6.45, 7) is 4.57. The first kappa shape index (κ1) is 17.7. The van der Waals surface area contributed by atoms with Gasteiger partial charge in [-0.05, 0) is 75.3 Å². The van der Waals surface area contributed by atoms with Crippen molar-refractivity contribution in [2.75, 3.05) is 13.3 Å². The molecule has 1 aromatic rings. The smallest absolute Gasteiger partial charge is 0.457 e. The highest BCUT2D eigenvalue weighted by Gasteiger charge is 2.51. The van der Waals surface area contributed by atoms with Gasteiger partial charge in [-0.3, -0.25) is 0 Å². The standard InChI is InChI=1S/C21H29NO4/c1-14(2)26-20(23)25-13-24-16-7-6-15-11-19-17-5-3-4-8-21(17,9-10-22-19)18(15)12-16/h6-7,12,14,17,19,22H,3-5,8-11,13H2,1-2H3/t17-,19-,21+/m1/s1. The number of hydrogen-bond donors (Lipinski definition) is 1. The summed E-state index contributed by atoms with van der Waals surface area (Å²) in [5, 5.41) is 3.76. The minimum absolute atomic E-state index is 0.120. The highest BCUT2D eigenvalue weighted by atomic mass is 16.8. The molecule has 0 amide bonds. The molecule has 3 aliphatic rings. The zero-order chi connectivity index (χ0) is 18.1. The molecule has 1 N–H and O–H groups in total. The van der Waals surface area contributed by atoms with Crippen LogP contribution < -0.4 is 10.1 Å². The number of benzene rings is 1. The number of piperidine rings is 1. The van der Waals surface area contributed by atoms with Crippen LogP contribution in [-0.2, 0) is 21.3 Å². The summed E-state index contributed by atoms with van der Waals surface area (Å²) in [4.78, 5) is 11.5. The normalized spacial score (nSPS) is 29.5. The summed E-state index contributed by atoms with van der Waals surface area (Å²) in [7, 11) is 0. The van der Waals surface area contributed by atoms with Gasteiger partial charge in [-0.25, -0.2) is 4.79 Å². The van der Waals surface area contributed by atoms with Gasteiger partial charge in [-0.15, -0.1) is 0 Å². The van der Waals surface area contributed by atoms with E-state index in [1.54, 1.807) is 13.8 Å². The molecule has 0 radical (unpaired) electrons. The van der Waals surface area contributed by atoms with Crippen LogP contribution in [0, 0.1) is 5.92 Å². The lowest BCUT2D eigenvalue weighted by molar-refractivity contribution is -0.00834. The molecule has 2 bridgehead atoms. The number of fused-ring (bicyclic) bond motifs is 1. The number of ether oxygens (including phenoxy) is 3. The molecule has 2 fully saturated rings. The second-order valence-corrected chi connectivity index (χ2v) is 8.17. The summed E-state index contributed by atoms with van der Waals surface area (Å²) >= 11 is 0. The van der Waals surface area contributed by atoms with Gasteiger partial charge in [0.25, 0.3) is 0 Å². The molecule has 5 nitrogen and oxygen atoms in total. The lowest BCUT2D eigenvalue weighted by Crippen LogP contribution is -2.59. The summed E-state index contributed by atoms with van der Waals surface area (Å²) in [6.07, 6.45) is 6.71. The van der Waals surface area contributed by atoms with Crippen LogP contribution in [0.25, 0.3) is 0 Å². The fourth-order valence-corrected chi connectivity index (χ4v) is 5.37. The maximum absolute atomic E-state index is 11.5. The minimum Gasteiger partial charge on any atom is -0.457 e. The largest absolute Gasteiger partial charge is 0.511 e. The van der Waals surface area contributed by atoms with E-state index in [0.29, 0.717) is 11.5 Å². The van der Waals surface area contributed by atoms with Crippen molar-refractivity contribution in [1.29, 1.82) is 0 Å². The van der Waals surface area contributed by atoms with Gasteiger partial charge in [0, 0.05) is 11.5 Å². The lowest BCUT2D eigenvalue weighted by atomic mass is 9.53. The highest BCUT2D eigenvalue weighted by Crippen LogP contribution is 2.54. The molecule has 142 valence electrons. The Balaban J connectivity index is 1.50. The molecule has 26 heavy (non-hydrogen) atoms. The molecule has 1 heterocycles. The quantitative estimate of drug-likeness (QED) is 0.652. The first-order valence-corrected chi connectivity index (χ1v) is 9.91. The second-order valence-electron chi connectivity index (χ2n) is 8.17. The van der Waals surface area contributed by atoms with Crippen LogP contribution >= 0.6 is 0 Å². The zero-order valence-electron chi connectivity index (χ0n) is 15.8. The van der Waals surface area contributed by atoms with Crippen molar-refractivity contribution < 1.29 is 19.0 Å². The Labute approximate surface area is 155 Å². The first-order valence-electron chi connectivity index (χ1n) is 9.91. The van der Waals surface area contributed by atoms with Crippen LogP contribution in [0.3, 0.4) is 0 Å². The number of rotatable bonds is 4. The third kappa shape index (κ3) is 3.18. The van der Waals surface area contributed by atoms with Crippen LogP contribution in [0.15, 0.2) is 18.2 Å². The number of carbonyl (C=O) groups is 1. The van der Waals surface area contributed by atoms with E-state index in [0.717, 1.165) is 24.6 Å². The van der Waals surface area contributed by atoms with Crippen LogP contribution in [0.2, 0.25) is 0 Å². The van der Waals surface area contributed by atoms with Crippen molar-refractivity contribution in [2.45, 2.75) is 69.9 Å². The van der Waals surface area contributed by atoms with Crippen molar-refractivity contribution in [2.24, 2.45) is 5.92 Å². The van der Waals surface area contributed by atoms with E-state index >= 15 is 0 Å². The summed E-state index contributed by atoms with van der Waals surface area (Å²) in [5.74, 6) is 1.52. The summed E-state index contributed by atoms with van der Waals surface area (Å²) < 4.78 is 15.6. The Bertz CT molecular complexity index is 670. The molecule has 2 aliphatic carbocycles. The van der Waals surface area contributed by atoms with Gasteiger partial charge in [0.2, 0.25) is 6.79 Å². The van der Waals surface area contributed by atoms with Gasteiger partial charge < -0.3 is 19.5 Å². The lowest BCUT2D eigenvalue weighted by Gasteiger charge is -2.56. The van der Waals surface area contributed by atoms with Crippen molar-refractivity contribution in [3.8, 4) is 5.75 Å². The Morgan fingerprint density at radius 1 is 1.31 bits per heavy atom. The minimum atomic E-state index is -0.690. The van der Waals surface area contributed by atoms with E-state index in [1.807, 2.05) is 6.07 Å². The molecule has 0 unspecified atom stereocenters. The van der Waals surface area contributed by atoms with E-state index < -0.39 is 6.16 Å². The van der Waals surface area contributed by atoms with E-state index in [2.05, 4.69) is 17.4 Å². The summed E-state index contributed by atoms with van der Waals surface area (Å²) in [6, 6.07) is 7.01. The Morgan fingerprint density at radius 2 is 2.19 bits per heavy atom. The van der Waals surface area contributed by atoms with E-state index in [1.165, 1.54) is 43.2 Å². The summed E-state index contributed by atoms with van der Waals surface area (Å²) in [5.41, 5.74) is 3.23. The zero-order valence-corrected chi connectivity index (χ0v) is 15.8. The van der Waals surface area contributed by atoms with Gasteiger partial charge in [0.05, 0.1) is 6.10 Å². The third-order valence-electron chi connectivity index (χ3n) is 6.35. The second kappa shape index (κ2) is 7.10. The highest BCUT2D eigenvalue weighted by molar-refractivity contribution is 5.59.